The maximum atomic E-state index is 11.4. The molecule has 0 aromatic heterocycles. The Kier molecular flexibility index (Phi) is 6.24. The average molecular weight is 340 g/mol. The molecular weight excluding hydrogens is 312 g/mol. The van der Waals surface area contributed by atoms with Gasteiger partial charge in [-0.1, -0.05) is 29.4 Å². The number of carbonyl (C=O) groups is 1. The predicted molar refractivity (Wildman–Crippen MR) is 102 cm³/mol. The van der Waals surface area contributed by atoms with E-state index in [4.69, 9.17) is 4.74 Å². The lowest BCUT2D eigenvalue weighted by molar-refractivity contribution is 0.0696. The normalized spacial score (nSPS) is 16.0. The van der Waals surface area contributed by atoms with Crippen LogP contribution in [0.15, 0.2) is 47.1 Å². The molecule has 0 saturated heterocycles. The molecular formula is C22H28O3. The van der Waals surface area contributed by atoms with Crippen molar-refractivity contribution in [3.63, 3.8) is 0 Å². The van der Waals surface area contributed by atoms with E-state index in [1.165, 1.54) is 16.7 Å². The van der Waals surface area contributed by atoms with E-state index >= 15 is 0 Å². The Bertz CT molecular complexity index is 743. The number of hydrogen-bond donors (Lipinski definition) is 1. The summed E-state index contributed by atoms with van der Waals surface area (Å²) in [7, 11) is 0. The number of fused-ring (bicyclic) bond motifs is 1. The van der Waals surface area contributed by atoms with Crippen molar-refractivity contribution in [1.29, 1.82) is 0 Å². The van der Waals surface area contributed by atoms with Gasteiger partial charge < -0.3 is 9.84 Å². The van der Waals surface area contributed by atoms with Crippen LogP contribution in [-0.4, -0.2) is 17.2 Å². The van der Waals surface area contributed by atoms with Crippen LogP contribution in [0.25, 0.3) is 0 Å². The van der Waals surface area contributed by atoms with Crippen molar-refractivity contribution in [3.8, 4) is 5.75 Å². The molecule has 0 spiro atoms. The molecule has 1 aliphatic rings. The van der Waals surface area contributed by atoms with Crippen molar-refractivity contribution >= 4 is 5.97 Å². The second-order valence-corrected chi connectivity index (χ2v) is 7.19. The average Bonchev–Trinajstić information content (AvgIpc) is 2.96. The second kappa shape index (κ2) is 8.19. The summed E-state index contributed by atoms with van der Waals surface area (Å²) in [6.07, 6.45) is 8.81. The number of carboxylic acids is 1. The van der Waals surface area contributed by atoms with Gasteiger partial charge in [0.2, 0.25) is 0 Å². The Morgan fingerprint density at radius 1 is 1.12 bits per heavy atom. The molecule has 1 heterocycles. The SMILES string of the molecule is CC(C)=CCC=C(C)C1Cc2cc(C(=O)O)cc(CC=C(C)C)c2O1. The third-order valence-electron chi connectivity index (χ3n) is 4.36. The number of carboxylic acid groups (broad SMARTS) is 1. The van der Waals surface area contributed by atoms with E-state index in [0.29, 0.717) is 12.0 Å². The molecule has 0 saturated carbocycles. The molecule has 1 unspecified atom stereocenters. The summed E-state index contributed by atoms with van der Waals surface area (Å²) < 4.78 is 6.21. The van der Waals surface area contributed by atoms with Crippen molar-refractivity contribution in [2.45, 2.75) is 60.0 Å². The quantitative estimate of drug-likeness (QED) is 0.696. The molecule has 3 heteroatoms. The Balaban J connectivity index is 2.28. The van der Waals surface area contributed by atoms with Crippen LogP contribution in [-0.2, 0) is 12.8 Å². The van der Waals surface area contributed by atoms with Crippen LogP contribution in [0.5, 0.6) is 5.75 Å². The minimum atomic E-state index is -0.888. The van der Waals surface area contributed by atoms with Crippen molar-refractivity contribution in [2.75, 3.05) is 0 Å². The zero-order valence-corrected chi connectivity index (χ0v) is 15.8. The lowest BCUT2D eigenvalue weighted by Gasteiger charge is -2.13. The third-order valence-corrected chi connectivity index (χ3v) is 4.36. The lowest BCUT2D eigenvalue weighted by atomic mass is 9.98. The van der Waals surface area contributed by atoms with E-state index < -0.39 is 5.97 Å². The van der Waals surface area contributed by atoms with Gasteiger partial charge >= 0.3 is 5.97 Å². The standard InChI is InChI=1S/C22H28O3/c1-14(2)7-6-8-16(5)20-13-18-12-19(22(23)24)11-17(21(18)25-20)10-9-15(3)4/h7-9,11-12,20H,6,10,13H2,1-5H3,(H,23,24). The highest BCUT2D eigenvalue weighted by molar-refractivity contribution is 5.88. The summed E-state index contributed by atoms with van der Waals surface area (Å²) in [6, 6.07) is 3.50. The predicted octanol–water partition coefficient (Wildman–Crippen LogP) is 5.50. The number of benzene rings is 1. The van der Waals surface area contributed by atoms with Gasteiger partial charge in [-0.25, -0.2) is 4.79 Å². The van der Waals surface area contributed by atoms with Crippen molar-refractivity contribution < 1.29 is 14.6 Å². The number of hydrogen-bond acceptors (Lipinski definition) is 2. The highest BCUT2D eigenvalue weighted by Gasteiger charge is 2.27. The number of allylic oxidation sites excluding steroid dienone is 5. The van der Waals surface area contributed by atoms with Crippen LogP contribution < -0.4 is 4.74 Å². The highest BCUT2D eigenvalue weighted by atomic mass is 16.5. The minimum absolute atomic E-state index is 0.00457. The number of aromatic carboxylic acids is 1. The molecule has 2 rings (SSSR count). The smallest absolute Gasteiger partial charge is 0.335 e. The van der Waals surface area contributed by atoms with Gasteiger partial charge in [-0.2, -0.15) is 0 Å². The Labute approximate surface area is 150 Å². The third kappa shape index (κ3) is 5.09. The molecule has 1 N–H and O–H groups in total. The maximum Gasteiger partial charge on any atom is 0.335 e. The van der Waals surface area contributed by atoms with Gasteiger partial charge in [0.1, 0.15) is 11.9 Å². The molecule has 0 amide bonds. The zero-order chi connectivity index (χ0) is 18.6. The molecule has 25 heavy (non-hydrogen) atoms. The summed E-state index contributed by atoms with van der Waals surface area (Å²) in [6.45, 7) is 10.4. The van der Waals surface area contributed by atoms with Crippen molar-refractivity contribution in [1.82, 2.24) is 0 Å². The summed E-state index contributed by atoms with van der Waals surface area (Å²) in [5.74, 6) is -0.0250. The van der Waals surface area contributed by atoms with E-state index in [2.05, 4.69) is 39.0 Å². The lowest BCUT2D eigenvalue weighted by Crippen LogP contribution is -2.14. The Hall–Kier alpha value is -2.29. The molecule has 1 aromatic rings. The van der Waals surface area contributed by atoms with Gasteiger partial charge in [0, 0.05) is 6.42 Å². The molecule has 0 aliphatic carbocycles. The first-order valence-corrected chi connectivity index (χ1v) is 8.77. The molecule has 0 bridgehead atoms. The molecule has 1 atom stereocenters. The van der Waals surface area contributed by atoms with Crippen LogP contribution >= 0.6 is 0 Å². The van der Waals surface area contributed by atoms with Crippen molar-refractivity contribution in [2.24, 2.45) is 0 Å². The molecule has 134 valence electrons. The topological polar surface area (TPSA) is 46.5 Å². The fourth-order valence-corrected chi connectivity index (χ4v) is 2.90. The zero-order valence-electron chi connectivity index (χ0n) is 15.8. The number of ether oxygens (including phenoxy) is 1. The van der Waals surface area contributed by atoms with E-state index in [9.17, 15) is 9.90 Å². The molecule has 3 nitrogen and oxygen atoms in total. The van der Waals surface area contributed by atoms with E-state index in [1.807, 2.05) is 13.8 Å². The Morgan fingerprint density at radius 2 is 1.80 bits per heavy atom. The van der Waals surface area contributed by atoms with Crippen LogP contribution in [0.3, 0.4) is 0 Å². The first-order valence-electron chi connectivity index (χ1n) is 8.77. The largest absolute Gasteiger partial charge is 0.485 e. The van der Waals surface area contributed by atoms with E-state index in [1.54, 1.807) is 12.1 Å². The van der Waals surface area contributed by atoms with Gasteiger partial charge in [-0.3, -0.25) is 0 Å². The fourth-order valence-electron chi connectivity index (χ4n) is 2.90. The van der Waals surface area contributed by atoms with Gasteiger partial charge in [0.05, 0.1) is 5.56 Å². The van der Waals surface area contributed by atoms with Gasteiger partial charge in [0.15, 0.2) is 0 Å². The van der Waals surface area contributed by atoms with Crippen LogP contribution in [0.2, 0.25) is 0 Å². The maximum absolute atomic E-state index is 11.4. The van der Waals surface area contributed by atoms with Crippen LogP contribution in [0, 0.1) is 0 Å². The minimum Gasteiger partial charge on any atom is -0.485 e. The van der Waals surface area contributed by atoms with Gasteiger partial charge in [-0.15, -0.1) is 0 Å². The first kappa shape index (κ1) is 19.0. The first-order chi connectivity index (χ1) is 11.8. The molecule has 1 aromatic carbocycles. The van der Waals surface area contributed by atoms with Crippen LogP contribution in [0.4, 0.5) is 0 Å². The van der Waals surface area contributed by atoms with Gasteiger partial charge in [0.25, 0.3) is 0 Å². The summed E-state index contributed by atoms with van der Waals surface area (Å²) >= 11 is 0. The fraction of sp³-hybridized carbons (Fsp3) is 0.409. The molecule has 1 aliphatic heterocycles. The summed E-state index contributed by atoms with van der Waals surface area (Å²) in [4.78, 5) is 11.4. The van der Waals surface area contributed by atoms with Gasteiger partial charge in [-0.05, 0) is 76.3 Å². The van der Waals surface area contributed by atoms with Crippen molar-refractivity contribution in [3.05, 3.63) is 63.8 Å². The second-order valence-electron chi connectivity index (χ2n) is 7.19. The summed E-state index contributed by atoms with van der Waals surface area (Å²) in [5, 5.41) is 9.39. The number of rotatable bonds is 6. The van der Waals surface area contributed by atoms with E-state index in [0.717, 1.165) is 29.7 Å². The molecule has 0 fully saturated rings. The van der Waals surface area contributed by atoms with E-state index in [-0.39, 0.29) is 6.10 Å². The molecule has 0 radical (unpaired) electrons. The summed E-state index contributed by atoms with van der Waals surface area (Å²) in [5.41, 5.74) is 5.99. The Morgan fingerprint density at radius 3 is 2.40 bits per heavy atom. The highest BCUT2D eigenvalue weighted by Crippen LogP contribution is 2.36. The van der Waals surface area contributed by atoms with Crippen LogP contribution in [0.1, 0.15) is 62.5 Å². The monoisotopic (exact) mass is 340 g/mol.